The van der Waals surface area contributed by atoms with Crippen LogP contribution >= 0.6 is 0 Å². The van der Waals surface area contributed by atoms with Gasteiger partial charge in [0.25, 0.3) is 11.5 Å². The number of nitrogens with one attached hydrogen (secondary N) is 1. The third-order valence-corrected chi connectivity index (χ3v) is 7.30. The van der Waals surface area contributed by atoms with Crippen LogP contribution in [0.15, 0.2) is 47.5 Å². The minimum absolute atomic E-state index is 0.144. The maximum Gasteiger partial charge on any atom is 0.271 e. The zero-order valence-corrected chi connectivity index (χ0v) is 22.0. The second kappa shape index (κ2) is 10.5. The van der Waals surface area contributed by atoms with Crippen molar-refractivity contribution in [3.8, 4) is 11.5 Å². The number of aromatic nitrogens is 4. The van der Waals surface area contributed by atoms with Crippen LogP contribution in [0.2, 0.25) is 0 Å². The fourth-order valence-corrected chi connectivity index (χ4v) is 5.27. The Labute approximate surface area is 223 Å². The van der Waals surface area contributed by atoms with E-state index in [1.54, 1.807) is 23.9 Å². The molecule has 1 aliphatic heterocycles. The van der Waals surface area contributed by atoms with Crippen molar-refractivity contribution < 1.29 is 27.8 Å². The number of para-hydroxylation sites is 1. The smallest absolute Gasteiger partial charge is 0.271 e. The quantitative estimate of drug-likeness (QED) is 0.453. The molecule has 39 heavy (non-hydrogen) atoms. The highest BCUT2D eigenvalue weighted by atomic mass is 19.1. The van der Waals surface area contributed by atoms with Gasteiger partial charge in [0.15, 0.2) is 34.7 Å². The molecular weight excluding hydrogens is 512 g/mol. The summed E-state index contributed by atoms with van der Waals surface area (Å²) < 4.78 is 47.5. The lowest BCUT2D eigenvalue weighted by molar-refractivity contribution is -0.139. The highest BCUT2D eigenvalue weighted by molar-refractivity contribution is 5.95. The number of amides is 1. The van der Waals surface area contributed by atoms with Gasteiger partial charge < -0.3 is 19.5 Å². The first-order valence-electron chi connectivity index (χ1n) is 12.9. The van der Waals surface area contributed by atoms with Gasteiger partial charge in [-0.05, 0) is 51.7 Å². The number of halogens is 2. The highest BCUT2D eigenvalue weighted by Crippen LogP contribution is 2.39. The number of ether oxygens (including phenoxy) is 3. The van der Waals surface area contributed by atoms with Crippen LogP contribution in [-0.2, 0) is 26.4 Å². The van der Waals surface area contributed by atoms with Gasteiger partial charge in [0.1, 0.15) is 11.6 Å². The Morgan fingerprint density at radius 1 is 1.23 bits per heavy atom. The maximum absolute atomic E-state index is 14.0. The Balaban J connectivity index is 1.37. The van der Waals surface area contributed by atoms with E-state index in [4.69, 9.17) is 14.2 Å². The molecule has 208 valence electrons. The zero-order chi connectivity index (χ0) is 27.8. The molecule has 1 aliphatic carbocycles. The minimum atomic E-state index is -1.34. The fourth-order valence-electron chi connectivity index (χ4n) is 5.27. The van der Waals surface area contributed by atoms with Gasteiger partial charge in [0, 0.05) is 18.3 Å². The molecule has 5 rings (SSSR count). The van der Waals surface area contributed by atoms with Crippen LogP contribution in [0.3, 0.4) is 0 Å². The fraction of sp³-hybridized carbons (Fsp3) is 0.481. The third-order valence-electron chi connectivity index (χ3n) is 7.30. The number of nitrogens with zero attached hydrogens (tertiary/aromatic N) is 4. The number of carbonyl (C=O) groups excluding carboxylic acids is 1. The normalized spacial score (nSPS) is 20.6. The Hall–Kier alpha value is -3.64. The van der Waals surface area contributed by atoms with Gasteiger partial charge in [-0.2, -0.15) is 10.2 Å². The molecular formula is C27H31F2N5O5. The van der Waals surface area contributed by atoms with Gasteiger partial charge >= 0.3 is 0 Å². The summed E-state index contributed by atoms with van der Waals surface area (Å²) in [5.41, 5.74) is -1.98. The van der Waals surface area contributed by atoms with Gasteiger partial charge in [0.2, 0.25) is 0 Å². The van der Waals surface area contributed by atoms with E-state index >= 15 is 0 Å². The van der Waals surface area contributed by atoms with Crippen molar-refractivity contribution in [1.29, 1.82) is 0 Å². The standard InChI is InChI=1S/C27H31F2N5O5/c1-26(2)37-16-19(39-26)15-33-12-11-22(32-33)31-25(36)27(3,17-7-4-5-8-17)34-23(35)13-18(14-30-34)38-24-20(28)9-6-10-21(24)29/h6,9-14,17,19H,4-5,7-8,15-16H2,1-3H3,(H,31,32,36)/t19-,27?/m1/s1. The van der Waals surface area contributed by atoms with E-state index in [1.807, 2.05) is 13.8 Å². The van der Waals surface area contributed by atoms with Gasteiger partial charge in [-0.3, -0.25) is 14.3 Å². The van der Waals surface area contributed by atoms with Crippen molar-refractivity contribution in [3.05, 3.63) is 64.7 Å². The number of carbonyl (C=O) groups is 1. The minimum Gasteiger partial charge on any atom is -0.449 e. The predicted octanol–water partition coefficient (Wildman–Crippen LogP) is 4.21. The van der Waals surface area contributed by atoms with Crippen LogP contribution in [0.25, 0.3) is 0 Å². The summed E-state index contributed by atoms with van der Waals surface area (Å²) in [6.45, 7) is 6.25. The Morgan fingerprint density at radius 3 is 2.59 bits per heavy atom. The second-order valence-electron chi connectivity index (χ2n) is 10.6. The summed E-state index contributed by atoms with van der Waals surface area (Å²) in [5.74, 6) is -3.53. The van der Waals surface area contributed by atoms with Crippen molar-refractivity contribution in [3.63, 3.8) is 0 Å². The molecule has 3 heterocycles. The monoisotopic (exact) mass is 543 g/mol. The number of hydrogen-bond acceptors (Lipinski definition) is 7. The molecule has 1 saturated heterocycles. The van der Waals surface area contributed by atoms with E-state index < -0.39 is 40.2 Å². The molecule has 1 aromatic carbocycles. The molecule has 1 amide bonds. The van der Waals surface area contributed by atoms with Crippen molar-refractivity contribution in [1.82, 2.24) is 19.6 Å². The predicted molar refractivity (Wildman–Crippen MR) is 136 cm³/mol. The van der Waals surface area contributed by atoms with Crippen LogP contribution in [0.4, 0.5) is 14.6 Å². The maximum atomic E-state index is 14.0. The molecule has 2 aromatic heterocycles. The van der Waals surface area contributed by atoms with Crippen LogP contribution in [0.1, 0.15) is 46.5 Å². The third kappa shape index (κ3) is 5.57. The van der Waals surface area contributed by atoms with Crippen LogP contribution in [0, 0.1) is 17.6 Å². The first kappa shape index (κ1) is 26.9. The summed E-state index contributed by atoms with van der Waals surface area (Å²) in [7, 11) is 0. The first-order valence-corrected chi connectivity index (χ1v) is 12.9. The van der Waals surface area contributed by atoms with Crippen molar-refractivity contribution in [2.45, 2.75) is 70.4 Å². The van der Waals surface area contributed by atoms with Crippen LogP contribution < -0.4 is 15.6 Å². The SMILES string of the molecule is CC1(C)OC[C@@H](Cn2ccc(NC(=O)C(C)(C3CCCC3)n3ncc(Oc4c(F)cccc4F)cc3=O)n2)O1. The second-order valence-corrected chi connectivity index (χ2v) is 10.6. The van der Waals surface area contributed by atoms with Gasteiger partial charge in [-0.25, -0.2) is 13.5 Å². The van der Waals surface area contributed by atoms with Crippen molar-refractivity contribution in [2.75, 3.05) is 11.9 Å². The lowest BCUT2D eigenvalue weighted by atomic mass is 9.83. The van der Waals surface area contributed by atoms with Gasteiger partial charge in [-0.15, -0.1) is 0 Å². The first-order chi connectivity index (χ1) is 18.5. The Bertz CT molecular complexity index is 1400. The van der Waals surface area contributed by atoms with E-state index in [1.165, 1.54) is 12.3 Å². The summed E-state index contributed by atoms with van der Waals surface area (Å²) in [5, 5.41) is 11.5. The topological polar surface area (TPSA) is 110 Å². The van der Waals surface area contributed by atoms with Gasteiger partial charge in [0.05, 0.1) is 19.3 Å². The molecule has 1 N–H and O–H groups in total. The zero-order valence-electron chi connectivity index (χ0n) is 22.0. The number of anilines is 1. The highest BCUT2D eigenvalue weighted by Gasteiger charge is 2.46. The van der Waals surface area contributed by atoms with Crippen molar-refractivity contribution >= 4 is 11.7 Å². The lowest BCUT2D eigenvalue weighted by Crippen LogP contribution is -2.53. The molecule has 10 nitrogen and oxygen atoms in total. The van der Waals surface area contributed by atoms with E-state index in [2.05, 4.69) is 15.5 Å². The number of hydrogen-bond donors (Lipinski definition) is 1. The number of benzene rings is 1. The summed E-state index contributed by atoms with van der Waals surface area (Å²) in [6.07, 6.45) is 6.05. The molecule has 3 aromatic rings. The average Bonchev–Trinajstić information content (AvgIpc) is 3.64. The van der Waals surface area contributed by atoms with Crippen molar-refractivity contribution in [2.24, 2.45) is 5.92 Å². The van der Waals surface area contributed by atoms with Crippen LogP contribution in [-0.4, -0.2) is 44.0 Å². The summed E-state index contributed by atoms with van der Waals surface area (Å²) in [4.78, 5) is 27.0. The average molecular weight is 544 g/mol. The van der Waals surface area contributed by atoms with E-state index in [0.717, 1.165) is 48.6 Å². The molecule has 12 heteroatoms. The van der Waals surface area contributed by atoms with E-state index in [9.17, 15) is 18.4 Å². The lowest BCUT2D eigenvalue weighted by Gasteiger charge is -2.34. The molecule has 1 unspecified atom stereocenters. The van der Waals surface area contributed by atoms with Gasteiger partial charge in [-0.1, -0.05) is 18.9 Å². The molecule has 2 atom stereocenters. The molecule has 0 bridgehead atoms. The summed E-state index contributed by atoms with van der Waals surface area (Å²) >= 11 is 0. The molecule has 1 saturated carbocycles. The summed E-state index contributed by atoms with van der Waals surface area (Å²) in [6, 6.07) is 6.04. The number of rotatable bonds is 8. The Morgan fingerprint density at radius 2 is 1.95 bits per heavy atom. The molecule has 2 aliphatic rings. The largest absolute Gasteiger partial charge is 0.449 e. The van der Waals surface area contributed by atoms with E-state index in [-0.39, 0.29) is 17.8 Å². The molecule has 0 spiro atoms. The molecule has 0 radical (unpaired) electrons. The van der Waals surface area contributed by atoms with Crippen LogP contribution in [0.5, 0.6) is 11.5 Å². The molecule has 2 fully saturated rings. The Kier molecular flexibility index (Phi) is 7.25. The van der Waals surface area contributed by atoms with E-state index in [0.29, 0.717) is 19.0 Å².